The highest BCUT2D eigenvalue weighted by molar-refractivity contribution is 9.10. The maximum absolute atomic E-state index is 5.43. The minimum absolute atomic E-state index is 0.326. The van der Waals surface area contributed by atoms with Gasteiger partial charge in [0.25, 0.3) is 0 Å². The molecule has 104 valence electrons. The molecule has 0 unspecified atom stereocenters. The third kappa shape index (κ3) is 3.23. The molecule has 3 nitrogen and oxygen atoms in total. The maximum atomic E-state index is 5.43. The number of rotatable bonds is 5. The summed E-state index contributed by atoms with van der Waals surface area (Å²) in [7, 11) is 0. The van der Waals surface area contributed by atoms with Crippen molar-refractivity contribution in [1.29, 1.82) is 0 Å². The molecule has 0 radical (unpaired) electrons. The summed E-state index contributed by atoms with van der Waals surface area (Å²) in [5.41, 5.74) is 1.24. The highest BCUT2D eigenvalue weighted by Gasteiger charge is 2.18. The molecule has 2 aliphatic rings. The zero-order chi connectivity index (χ0) is 13.1. The van der Waals surface area contributed by atoms with Gasteiger partial charge in [-0.2, -0.15) is 0 Å². The van der Waals surface area contributed by atoms with Gasteiger partial charge in [0, 0.05) is 6.54 Å². The smallest absolute Gasteiger partial charge is 0.231 e. The van der Waals surface area contributed by atoms with Crippen molar-refractivity contribution in [3.8, 4) is 11.5 Å². The molecule has 4 heteroatoms. The predicted octanol–water partition coefficient (Wildman–Crippen LogP) is 3.85. The first-order valence-corrected chi connectivity index (χ1v) is 7.91. The van der Waals surface area contributed by atoms with Crippen LogP contribution in [0.1, 0.15) is 37.7 Å². The number of nitrogens with one attached hydrogen (secondary N) is 1. The van der Waals surface area contributed by atoms with E-state index in [1.165, 1.54) is 37.7 Å². The van der Waals surface area contributed by atoms with Crippen molar-refractivity contribution in [2.24, 2.45) is 5.92 Å². The lowest BCUT2D eigenvalue weighted by molar-refractivity contribution is 0.173. The van der Waals surface area contributed by atoms with E-state index in [1.807, 2.05) is 0 Å². The summed E-state index contributed by atoms with van der Waals surface area (Å²) in [6.07, 6.45) is 7.03. The van der Waals surface area contributed by atoms with E-state index in [9.17, 15) is 0 Å². The monoisotopic (exact) mass is 325 g/mol. The van der Waals surface area contributed by atoms with Gasteiger partial charge in [-0.05, 0) is 52.5 Å². The number of halogens is 1. The molecule has 0 amide bonds. The fraction of sp³-hybridized carbons (Fsp3) is 0.600. The first kappa shape index (κ1) is 13.3. The van der Waals surface area contributed by atoms with E-state index < -0.39 is 0 Å². The lowest BCUT2D eigenvalue weighted by Crippen LogP contribution is -2.17. The van der Waals surface area contributed by atoms with Crippen molar-refractivity contribution >= 4 is 15.9 Å². The molecule has 0 saturated heterocycles. The third-order valence-electron chi connectivity index (χ3n) is 4.02. The number of benzene rings is 1. The molecule has 1 N–H and O–H groups in total. The Morgan fingerprint density at radius 1 is 1.21 bits per heavy atom. The Balaban J connectivity index is 1.48. The number of ether oxygens (including phenoxy) is 2. The molecule has 0 atom stereocenters. The number of hydrogen-bond acceptors (Lipinski definition) is 3. The average molecular weight is 326 g/mol. The molecule has 3 rings (SSSR count). The second kappa shape index (κ2) is 6.14. The van der Waals surface area contributed by atoms with Crippen LogP contribution in [-0.4, -0.2) is 13.3 Å². The Bertz CT molecular complexity index is 444. The number of hydrogen-bond donors (Lipinski definition) is 1. The van der Waals surface area contributed by atoms with Crippen molar-refractivity contribution in [3.05, 3.63) is 22.2 Å². The standard InChI is InChI=1S/C15H20BrNO2/c16-13-7-12(8-14-15(13)19-10-18-14)9-17-6-5-11-3-1-2-4-11/h7-8,11,17H,1-6,9-10H2. The summed E-state index contributed by atoms with van der Waals surface area (Å²) >= 11 is 3.53. The normalized spacial score (nSPS) is 18.2. The third-order valence-corrected chi connectivity index (χ3v) is 4.61. The number of fused-ring (bicyclic) bond motifs is 1. The molecule has 0 aromatic heterocycles. The molecule has 1 fully saturated rings. The van der Waals surface area contributed by atoms with E-state index in [2.05, 4.69) is 33.4 Å². The van der Waals surface area contributed by atoms with Crippen molar-refractivity contribution in [2.75, 3.05) is 13.3 Å². The Morgan fingerprint density at radius 3 is 2.89 bits per heavy atom. The molecule has 1 aromatic rings. The minimum Gasteiger partial charge on any atom is -0.454 e. The first-order chi connectivity index (χ1) is 9.33. The van der Waals surface area contributed by atoms with Gasteiger partial charge < -0.3 is 14.8 Å². The predicted molar refractivity (Wildman–Crippen MR) is 78.5 cm³/mol. The van der Waals surface area contributed by atoms with E-state index in [-0.39, 0.29) is 0 Å². The molecule has 1 saturated carbocycles. The lowest BCUT2D eigenvalue weighted by Gasteiger charge is -2.10. The fourth-order valence-electron chi connectivity index (χ4n) is 2.96. The molecule has 19 heavy (non-hydrogen) atoms. The summed E-state index contributed by atoms with van der Waals surface area (Å²) < 4.78 is 11.8. The SMILES string of the molecule is Brc1cc(CNCCC2CCCC2)cc2c1OCO2. The van der Waals surface area contributed by atoms with Gasteiger partial charge in [-0.3, -0.25) is 0 Å². The van der Waals surface area contributed by atoms with Gasteiger partial charge in [-0.15, -0.1) is 0 Å². The van der Waals surface area contributed by atoms with Gasteiger partial charge in [0.15, 0.2) is 11.5 Å². The van der Waals surface area contributed by atoms with Gasteiger partial charge >= 0.3 is 0 Å². The summed E-state index contributed by atoms with van der Waals surface area (Å²) in [6.45, 7) is 2.32. The van der Waals surface area contributed by atoms with Crippen molar-refractivity contribution in [3.63, 3.8) is 0 Å². The molecule has 1 aliphatic carbocycles. The Hall–Kier alpha value is -0.740. The zero-order valence-corrected chi connectivity index (χ0v) is 12.7. The minimum atomic E-state index is 0.326. The molecule has 1 aromatic carbocycles. The van der Waals surface area contributed by atoms with Gasteiger partial charge in [0.2, 0.25) is 6.79 Å². The molecular weight excluding hydrogens is 306 g/mol. The Labute approximate surface area is 122 Å². The van der Waals surface area contributed by atoms with E-state index in [1.54, 1.807) is 0 Å². The van der Waals surface area contributed by atoms with Crippen LogP contribution in [0.2, 0.25) is 0 Å². The zero-order valence-electron chi connectivity index (χ0n) is 11.1. The second-order valence-corrected chi connectivity index (χ2v) is 6.28. The van der Waals surface area contributed by atoms with E-state index in [0.29, 0.717) is 6.79 Å². The topological polar surface area (TPSA) is 30.5 Å². The van der Waals surface area contributed by atoms with E-state index in [0.717, 1.165) is 35.0 Å². The highest BCUT2D eigenvalue weighted by atomic mass is 79.9. The van der Waals surface area contributed by atoms with Crippen LogP contribution in [0.5, 0.6) is 11.5 Å². The van der Waals surface area contributed by atoms with Crippen molar-refractivity contribution < 1.29 is 9.47 Å². The van der Waals surface area contributed by atoms with Crippen LogP contribution in [-0.2, 0) is 6.54 Å². The Morgan fingerprint density at radius 2 is 2.05 bits per heavy atom. The second-order valence-electron chi connectivity index (χ2n) is 5.43. The van der Waals surface area contributed by atoms with Crippen LogP contribution in [0.4, 0.5) is 0 Å². The lowest BCUT2D eigenvalue weighted by atomic mass is 10.0. The summed E-state index contributed by atoms with van der Waals surface area (Å²) in [4.78, 5) is 0. The highest BCUT2D eigenvalue weighted by Crippen LogP contribution is 2.39. The fourth-order valence-corrected chi connectivity index (χ4v) is 3.56. The van der Waals surface area contributed by atoms with Gasteiger partial charge in [-0.1, -0.05) is 25.7 Å². The Kier molecular flexibility index (Phi) is 4.28. The van der Waals surface area contributed by atoms with Crippen molar-refractivity contribution in [2.45, 2.75) is 38.6 Å². The molecule has 1 aliphatic heterocycles. The molecular formula is C15H20BrNO2. The van der Waals surface area contributed by atoms with Gasteiger partial charge in [-0.25, -0.2) is 0 Å². The van der Waals surface area contributed by atoms with Crippen LogP contribution >= 0.6 is 15.9 Å². The van der Waals surface area contributed by atoms with Crippen LogP contribution < -0.4 is 14.8 Å². The van der Waals surface area contributed by atoms with Crippen molar-refractivity contribution in [1.82, 2.24) is 5.32 Å². The largest absolute Gasteiger partial charge is 0.454 e. The molecule has 0 bridgehead atoms. The molecule has 1 heterocycles. The first-order valence-electron chi connectivity index (χ1n) is 7.11. The van der Waals surface area contributed by atoms with Crippen LogP contribution in [0.3, 0.4) is 0 Å². The quantitative estimate of drug-likeness (QED) is 0.834. The maximum Gasteiger partial charge on any atom is 0.231 e. The molecule has 0 spiro atoms. The average Bonchev–Trinajstić information content (AvgIpc) is 3.05. The van der Waals surface area contributed by atoms with Gasteiger partial charge in [0.05, 0.1) is 4.47 Å². The van der Waals surface area contributed by atoms with Gasteiger partial charge in [0.1, 0.15) is 0 Å². The van der Waals surface area contributed by atoms with Crippen LogP contribution in [0.25, 0.3) is 0 Å². The van der Waals surface area contributed by atoms with E-state index in [4.69, 9.17) is 9.47 Å². The summed E-state index contributed by atoms with van der Waals surface area (Å²) in [5.74, 6) is 2.63. The summed E-state index contributed by atoms with van der Waals surface area (Å²) in [6, 6.07) is 4.17. The van der Waals surface area contributed by atoms with Crippen LogP contribution in [0.15, 0.2) is 16.6 Å². The summed E-state index contributed by atoms with van der Waals surface area (Å²) in [5, 5.41) is 3.53. The van der Waals surface area contributed by atoms with Crippen LogP contribution in [0, 0.1) is 5.92 Å². The van der Waals surface area contributed by atoms with E-state index >= 15 is 0 Å².